The number of nitrogens with one attached hydrogen (secondary N) is 1. The van der Waals surface area contributed by atoms with Crippen LogP contribution in [0.2, 0.25) is 5.02 Å². The monoisotopic (exact) mass is 297 g/mol. The number of hydrogen-bond donors (Lipinski definition) is 1. The summed E-state index contributed by atoms with van der Waals surface area (Å²) in [5.74, 6) is 0.909. The third kappa shape index (κ3) is 4.33. The van der Waals surface area contributed by atoms with E-state index >= 15 is 0 Å². The fourth-order valence-corrected chi connectivity index (χ4v) is 2.67. The van der Waals surface area contributed by atoms with Crippen LogP contribution in [0.4, 0.5) is 5.82 Å². The predicted octanol–water partition coefficient (Wildman–Crippen LogP) is 3.17. The van der Waals surface area contributed by atoms with Crippen molar-refractivity contribution in [3.63, 3.8) is 0 Å². The van der Waals surface area contributed by atoms with Gasteiger partial charge in [-0.2, -0.15) is 0 Å². The molecule has 0 radical (unpaired) electrons. The van der Waals surface area contributed by atoms with Crippen LogP contribution in [0, 0.1) is 0 Å². The highest BCUT2D eigenvalue weighted by atomic mass is 35.5. The lowest BCUT2D eigenvalue weighted by Crippen LogP contribution is -2.38. The molecular weight excluding hydrogens is 274 g/mol. The van der Waals surface area contributed by atoms with Crippen molar-refractivity contribution in [3.05, 3.63) is 22.8 Å². The standard InChI is InChI=1S/C15H24ClN3O/c1-3-8-17-15-7-6-13(16)14(18-15)11-19-9-4-5-12(10-19)20-2/h6-7,12H,3-5,8-11H2,1-2H3,(H,17,18). The van der Waals surface area contributed by atoms with E-state index in [0.717, 1.165) is 55.6 Å². The highest BCUT2D eigenvalue weighted by molar-refractivity contribution is 6.31. The maximum atomic E-state index is 6.27. The molecular formula is C15H24ClN3O. The number of methoxy groups -OCH3 is 1. The van der Waals surface area contributed by atoms with Crippen LogP contribution >= 0.6 is 11.6 Å². The zero-order valence-electron chi connectivity index (χ0n) is 12.4. The van der Waals surface area contributed by atoms with Crippen LogP contribution in [0.1, 0.15) is 31.9 Å². The number of halogens is 1. The van der Waals surface area contributed by atoms with Crippen LogP contribution in [0.3, 0.4) is 0 Å². The molecule has 1 aromatic heterocycles. The van der Waals surface area contributed by atoms with E-state index in [2.05, 4.69) is 22.1 Å². The van der Waals surface area contributed by atoms with Gasteiger partial charge in [0.25, 0.3) is 0 Å². The van der Waals surface area contributed by atoms with Gasteiger partial charge in [-0.3, -0.25) is 4.90 Å². The molecule has 0 amide bonds. The third-order valence-electron chi connectivity index (χ3n) is 3.64. The van der Waals surface area contributed by atoms with E-state index in [9.17, 15) is 0 Å². The fraction of sp³-hybridized carbons (Fsp3) is 0.667. The molecule has 1 saturated heterocycles. The Hall–Kier alpha value is -0.840. The molecule has 2 heterocycles. The van der Waals surface area contributed by atoms with E-state index in [1.54, 1.807) is 7.11 Å². The van der Waals surface area contributed by atoms with Gasteiger partial charge in [0, 0.05) is 26.7 Å². The lowest BCUT2D eigenvalue weighted by Gasteiger charge is -2.31. The van der Waals surface area contributed by atoms with Crippen molar-refractivity contribution in [3.8, 4) is 0 Å². The molecule has 1 aromatic rings. The molecule has 4 nitrogen and oxygen atoms in total. The summed E-state index contributed by atoms with van der Waals surface area (Å²) in [4.78, 5) is 7.00. The highest BCUT2D eigenvalue weighted by Crippen LogP contribution is 2.21. The van der Waals surface area contributed by atoms with E-state index in [-0.39, 0.29) is 0 Å². The first-order valence-corrected chi connectivity index (χ1v) is 7.75. The molecule has 1 unspecified atom stereocenters. The molecule has 2 rings (SSSR count). The summed E-state index contributed by atoms with van der Waals surface area (Å²) in [5, 5.41) is 4.05. The molecule has 1 aliphatic rings. The van der Waals surface area contributed by atoms with Crippen LogP contribution in [0.25, 0.3) is 0 Å². The van der Waals surface area contributed by atoms with Crippen LogP contribution in [0.15, 0.2) is 12.1 Å². The average molecular weight is 298 g/mol. The molecule has 1 N–H and O–H groups in total. The number of pyridine rings is 1. The van der Waals surface area contributed by atoms with Crippen molar-refractivity contribution in [2.75, 3.05) is 32.1 Å². The SMILES string of the molecule is CCCNc1ccc(Cl)c(CN2CCCC(OC)C2)n1. The van der Waals surface area contributed by atoms with Crippen molar-refractivity contribution in [2.24, 2.45) is 0 Å². The number of piperidine rings is 1. The van der Waals surface area contributed by atoms with Gasteiger partial charge in [-0.15, -0.1) is 0 Å². The van der Waals surface area contributed by atoms with Crippen LogP contribution in [-0.2, 0) is 11.3 Å². The van der Waals surface area contributed by atoms with Gasteiger partial charge in [0.05, 0.1) is 16.8 Å². The number of aromatic nitrogens is 1. The van der Waals surface area contributed by atoms with Crippen molar-refractivity contribution >= 4 is 17.4 Å². The summed E-state index contributed by atoms with van der Waals surface area (Å²) in [5.41, 5.74) is 0.949. The van der Waals surface area contributed by atoms with Crippen molar-refractivity contribution in [2.45, 2.75) is 38.8 Å². The molecule has 1 fully saturated rings. The molecule has 5 heteroatoms. The van der Waals surface area contributed by atoms with Gasteiger partial charge in [0.1, 0.15) is 5.82 Å². The first kappa shape index (κ1) is 15.5. The molecule has 20 heavy (non-hydrogen) atoms. The third-order valence-corrected chi connectivity index (χ3v) is 3.99. The number of rotatable bonds is 6. The minimum absolute atomic E-state index is 0.337. The summed E-state index contributed by atoms with van der Waals surface area (Å²) in [6.07, 6.45) is 3.74. The summed E-state index contributed by atoms with van der Waals surface area (Å²) in [7, 11) is 1.79. The average Bonchev–Trinajstić information content (AvgIpc) is 2.48. The Morgan fingerprint density at radius 1 is 1.50 bits per heavy atom. The Labute approximate surface area is 126 Å². The largest absolute Gasteiger partial charge is 0.380 e. The predicted molar refractivity (Wildman–Crippen MR) is 83.3 cm³/mol. The molecule has 0 aromatic carbocycles. The molecule has 0 saturated carbocycles. The maximum absolute atomic E-state index is 6.27. The second-order valence-corrected chi connectivity index (χ2v) is 5.69. The van der Waals surface area contributed by atoms with Gasteiger partial charge in [-0.1, -0.05) is 18.5 Å². The fourth-order valence-electron chi connectivity index (χ4n) is 2.51. The summed E-state index contributed by atoms with van der Waals surface area (Å²) >= 11 is 6.27. The molecule has 0 spiro atoms. The van der Waals surface area contributed by atoms with Crippen molar-refractivity contribution < 1.29 is 4.74 Å². The van der Waals surface area contributed by atoms with Gasteiger partial charge in [0.2, 0.25) is 0 Å². The van der Waals surface area contributed by atoms with Gasteiger partial charge in [-0.05, 0) is 37.9 Å². The number of anilines is 1. The quantitative estimate of drug-likeness (QED) is 0.875. The lowest BCUT2D eigenvalue weighted by molar-refractivity contribution is 0.0281. The smallest absolute Gasteiger partial charge is 0.126 e. The Morgan fingerprint density at radius 3 is 3.10 bits per heavy atom. The van der Waals surface area contributed by atoms with Gasteiger partial charge >= 0.3 is 0 Å². The Morgan fingerprint density at radius 2 is 2.35 bits per heavy atom. The van der Waals surface area contributed by atoms with Gasteiger partial charge in [-0.25, -0.2) is 4.98 Å². The zero-order chi connectivity index (χ0) is 14.4. The first-order valence-electron chi connectivity index (χ1n) is 7.37. The molecule has 112 valence electrons. The van der Waals surface area contributed by atoms with Crippen molar-refractivity contribution in [1.82, 2.24) is 9.88 Å². The summed E-state index contributed by atoms with van der Waals surface area (Å²) in [6.45, 7) is 5.91. The van der Waals surface area contributed by atoms with Gasteiger partial charge < -0.3 is 10.1 Å². The van der Waals surface area contributed by atoms with Gasteiger partial charge in [0.15, 0.2) is 0 Å². The maximum Gasteiger partial charge on any atom is 0.126 e. The second kappa shape index (κ2) is 7.81. The number of likely N-dealkylation sites (tertiary alicyclic amines) is 1. The summed E-state index contributed by atoms with van der Waals surface area (Å²) in [6, 6.07) is 3.87. The second-order valence-electron chi connectivity index (χ2n) is 5.29. The molecule has 1 aliphatic heterocycles. The molecule has 1 atom stereocenters. The van der Waals surface area contributed by atoms with Crippen LogP contribution < -0.4 is 5.32 Å². The Bertz CT molecular complexity index is 428. The Balaban J connectivity index is 2.00. The van der Waals surface area contributed by atoms with E-state index in [1.165, 1.54) is 6.42 Å². The first-order chi connectivity index (χ1) is 9.72. The van der Waals surface area contributed by atoms with E-state index in [4.69, 9.17) is 16.3 Å². The van der Waals surface area contributed by atoms with E-state index in [0.29, 0.717) is 6.10 Å². The number of hydrogen-bond acceptors (Lipinski definition) is 4. The minimum atomic E-state index is 0.337. The van der Waals surface area contributed by atoms with Crippen LogP contribution in [-0.4, -0.2) is 42.7 Å². The van der Waals surface area contributed by atoms with Crippen molar-refractivity contribution in [1.29, 1.82) is 0 Å². The Kier molecular flexibility index (Phi) is 6.07. The minimum Gasteiger partial charge on any atom is -0.380 e. The lowest BCUT2D eigenvalue weighted by atomic mass is 10.1. The summed E-state index contributed by atoms with van der Waals surface area (Å²) < 4.78 is 5.46. The normalized spacial score (nSPS) is 20.1. The van der Waals surface area contributed by atoms with E-state index in [1.807, 2.05) is 12.1 Å². The van der Waals surface area contributed by atoms with Crippen LogP contribution in [0.5, 0.6) is 0 Å². The topological polar surface area (TPSA) is 37.4 Å². The zero-order valence-corrected chi connectivity index (χ0v) is 13.1. The number of nitrogens with zero attached hydrogens (tertiary/aromatic N) is 2. The van der Waals surface area contributed by atoms with E-state index < -0.39 is 0 Å². The highest BCUT2D eigenvalue weighted by Gasteiger charge is 2.20. The molecule has 0 aliphatic carbocycles. The molecule has 0 bridgehead atoms. The number of ether oxygens (including phenoxy) is 1.